The number of hydrogen-bond donors (Lipinski definition) is 3. The second-order valence-corrected chi connectivity index (χ2v) is 6.42. The predicted molar refractivity (Wildman–Crippen MR) is 98.2 cm³/mol. The summed E-state index contributed by atoms with van der Waals surface area (Å²) in [7, 11) is 0. The van der Waals surface area contributed by atoms with Crippen molar-refractivity contribution >= 4 is 23.5 Å². The lowest BCUT2D eigenvalue weighted by Gasteiger charge is -2.09. The third-order valence-corrected chi connectivity index (χ3v) is 4.36. The summed E-state index contributed by atoms with van der Waals surface area (Å²) in [5, 5.41) is 7.38. The molecule has 0 bridgehead atoms. The van der Waals surface area contributed by atoms with Gasteiger partial charge >= 0.3 is 0 Å². The van der Waals surface area contributed by atoms with Crippen molar-refractivity contribution in [2.45, 2.75) is 18.8 Å². The van der Waals surface area contributed by atoms with Gasteiger partial charge in [-0.05, 0) is 23.3 Å². The summed E-state index contributed by atoms with van der Waals surface area (Å²) in [6.07, 6.45) is 0.400. The molecule has 24 heavy (non-hydrogen) atoms. The van der Waals surface area contributed by atoms with E-state index in [1.165, 1.54) is 0 Å². The Morgan fingerprint density at radius 3 is 2.50 bits per heavy atom. The lowest BCUT2D eigenvalue weighted by atomic mass is 10.1. The van der Waals surface area contributed by atoms with Crippen LogP contribution in [0.4, 0.5) is 0 Å². The summed E-state index contributed by atoms with van der Waals surface area (Å²) in [6, 6.07) is 15.3. The van der Waals surface area contributed by atoms with Crippen LogP contribution in [0.15, 0.2) is 48.5 Å². The van der Waals surface area contributed by atoms with Crippen LogP contribution in [0.5, 0.6) is 5.75 Å². The van der Waals surface area contributed by atoms with Crippen molar-refractivity contribution in [1.29, 1.82) is 5.41 Å². The standard InChI is InChI=1S/C18H21N3O2S/c19-17(22)8-9-24-12-14-2-1-3-16(10-14)23-11-13-4-6-15(7-5-13)18(20)21/h1-7,10H,8-9,11-12H2,(H2,19,22)(H3,20,21). The Bertz CT molecular complexity index is 702. The number of amides is 1. The molecule has 2 rings (SSSR count). The summed E-state index contributed by atoms with van der Waals surface area (Å²) in [6.45, 7) is 0.455. The number of primary amides is 1. The molecule has 5 nitrogen and oxygen atoms in total. The van der Waals surface area contributed by atoms with E-state index in [0.29, 0.717) is 18.6 Å². The molecular weight excluding hydrogens is 322 g/mol. The normalized spacial score (nSPS) is 10.3. The maximum absolute atomic E-state index is 10.7. The number of nitrogens with one attached hydrogen (secondary N) is 1. The highest BCUT2D eigenvalue weighted by Crippen LogP contribution is 2.19. The van der Waals surface area contributed by atoms with E-state index in [0.717, 1.165) is 28.4 Å². The van der Waals surface area contributed by atoms with Gasteiger partial charge in [0, 0.05) is 23.5 Å². The van der Waals surface area contributed by atoms with Gasteiger partial charge in [-0.2, -0.15) is 11.8 Å². The van der Waals surface area contributed by atoms with E-state index in [-0.39, 0.29) is 11.7 Å². The minimum Gasteiger partial charge on any atom is -0.489 e. The predicted octanol–water partition coefficient (Wildman–Crippen LogP) is 2.66. The second-order valence-electron chi connectivity index (χ2n) is 5.32. The number of rotatable bonds is 9. The molecule has 0 aliphatic rings. The maximum Gasteiger partial charge on any atom is 0.218 e. The molecule has 0 heterocycles. The third-order valence-electron chi connectivity index (χ3n) is 3.33. The number of ether oxygens (including phenoxy) is 1. The van der Waals surface area contributed by atoms with Crippen molar-refractivity contribution in [3.63, 3.8) is 0 Å². The second kappa shape index (κ2) is 8.98. The fraction of sp³-hybridized carbons (Fsp3) is 0.222. The van der Waals surface area contributed by atoms with Crippen LogP contribution in [-0.2, 0) is 17.2 Å². The van der Waals surface area contributed by atoms with E-state index < -0.39 is 0 Å². The van der Waals surface area contributed by atoms with Crippen LogP contribution in [0.2, 0.25) is 0 Å². The lowest BCUT2D eigenvalue weighted by Crippen LogP contribution is -2.10. The molecule has 0 fully saturated rings. The first-order valence-corrected chi connectivity index (χ1v) is 8.71. The average Bonchev–Trinajstić information content (AvgIpc) is 2.57. The van der Waals surface area contributed by atoms with Crippen LogP contribution in [0.25, 0.3) is 0 Å². The molecule has 0 aliphatic carbocycles. The average molecular weight is 343 g/mol. The van der Waals surface area contributed by atoms with Crippen molar-refractivity contribution in [2.24, 2.45) is 11.5 Å². The summed E-state index contributed by atoms with van der Waals surface area (Å²) < 4.78 is 5.81. The maximum atomic E-state index is 10.7. The summed E-state index contributed by atoms with van der Waals surface area (Å²) in [5.41, 5.74) is 13.4. The first-order valence-electron chi connectivity index (χ1n) is 7.56. The number of carbonyl (C=O) groups excluding carboxylic acids is 1. The molecule has 0 spiro atoms. The molecule has 1 amide bonds. The first-order chi connectivity index (χ1) is 11.5. The number of amidine groups is 1. The fourth-order valence-electron chi connectivity index (χ4n) is 2.04. The summed E-state index contributed by atoms with van der Waals surface area (Å²) in [5.74, 6) is 2.14. The van der Waals surface area contributed by atoms with Gasteiger partial charge in [-0.25, -0.2) is 0 Å². The zero-order valence-corrected chi connectivity index (χ0v) is 14.1. The highest BCUT2D eigenvalue weighted by atomic mass is 32.2. The molecular formula is C18H21N3O2S. The van der Waals surface area contributed by atoms with Gasteiger partial charge in [-0.1, -0.05) is 36.4 Å². The Morgan fingerprint density at radius 1 is 1.08 bits per heavy atom. The van der Waals surface area contributed by atoms with Crippen molar-refractivity contribution in [3.05, 3.63) is 65.2 Å². The Kier molecular flexibility index (Phi) is 6.69. The Morgan fingerprint density at radius 2 is 1.83 bits per heavy atom. The number of hydrogen-bond acceptors (Lipinski definition) is 4. The SMILES string of the molecule is N=C(N)c1ccc(COc2cccc(CSCCC(N)=O)c2)cc1. The minimum absolute atomic E-state index is 0.0593. The molecule has 6 heteroatoms. The van der Waals surface area contributed by atoms with Gasteiger partial charge in [0.2, 0.25) is 5.91 Å². The van der Waals surface area contributed by atoms with Crippen LogP contribution < -0.4 is 16.2 Å². The van der Waals surface area contributed by atoms with Gasteiger partial charge < -0.3 is 16.2 Å². The molecule has 0 atom stereocenters. The molecule has 0 aromatic heterocycles. The Labute approximate surface area is 145 Å². The molecule has 0 radical (unpaired) electrons. The molecule has 5 N–H and O–H groups in total. The molecule has 126 valence electrons. The van der Waals surface area contributed by atoms with Crippen molar-refractivity contribution in [1.82, 2.24) is 0 Å². The van der Waals surface area contributed by atoms with E-state index in [2.05, 4.69) is 0 Å². The van der Waals surface area contributed by atoms with Crippen LogP contribution >= 0.6 is 11.8 Å². The molecule has 2 aromatic carbocycles. The topological polar surface area (TPSA) is 102 Å². The van der Waals surface area contributed by atoms with E-state index in [1.807, 2.05) is 48.5 Å². The fourth-order valence-corrected chi connectivity index (χ4v) is 2.94. The Balaban J connectivity index is 1.85. The summed E-state index contributed by atoms with van der Waals surface area (Å²) in [4.78, 5) is 10.7. The van der Waals surface area contributed by atoms with Gasteiger partial charge in [0.25, 0.3) is 0 Å². The molecule has 2 aromatic rings. The van der Waals surface area contributed by atoms with E-state index >= 15 is 0 Å². The largest absolute Gasteiger partial charge is 0.489 e. The van der Waals surface area contributed by atoms with Crippen LogP contribution in [0, 0.1) is 5.41 Å². The number of nitrogens with two attached hydrogens (primary N) is 2. The van der Waals surface area contributed by atoms with Gasteiger partial charge in [0.1, 0.15) is 18.2 Å². The quantitative estimate of drug-likeness (QED) is 0.370. The molecule has 0 saturated carbocycles. The van der Waals surface area contributed by atoms with Crippen LogP contribution in [0.1, 0.15) is 23.1 Å². The number of benzene rings is 2. The van der Waals surface area contributed by atoms with Crippen molar-refractivity contribution < 1.29 is 9.53 Å². The van der Waals surface area contributed by atoms with E-state index in [9.17, 15) is 4.79 Å². The highest BCUT2D eigenvalue weighted by Gasteiger charge is 2.01. The Hall–Kier alpha value is -2.47. The minimum atomic E-state index is -0.268. The monoisotopic (exact) mass is 343 g/mol. The lowest BCUT2D eigenvalue weighted by molar-refractivity contribution is -0.117. The van der Waals surface area contributed by atoms with E-state index in [4.69, 9.17) is 21.6 Å². The van der Waals surface area contributed by atoms with Gasteiger partial charge in [0.05, 0.1) is 0 Å². The zero-order chi connectivity index (χ0) is 17.4. The van der Waals surface area contributed by atoms with Crippen molar-refractivity contribution in [2.75, 3.05) is 5.75 Å². The van der Waals surface area contributed by atoms with Gasteiger partial charge in [0.15, 0.2) is 0 Å². The number of nitrogen functional groups attached to an aromatic ring is 1. The van der Waals surface area contributed by atoms with Crippen molar-refractivity contribution in [3.8, 4) is 5.75 Å². The van der Waals surface area contributed by atoms with Gasteiger partial charge in [-0.3, -0.25) is 10.2 Å². The molecule has 0 unspecified atom stereocenters. The molecule has 0 aliphatic heterocycles. The first kappa shape index (κ1) is 17.9. The molecule has 0 saturated heterocycles. The smallest absolute Gasteiger partial charge is 0.218 e. The van der Waals surface area contributed by atoms with Gasteiger partial charge in [-0.15, -0.1) is 0 Å². The third kappa shape index (κ3) is 5.96. The highest BCUT2D eigenvalue weighted by molar-refractivity contribution is 7.98. The number of carbonyl (C=O) groups is 1. The van der Waals surface area contributed by atoms with Crippen LogP contribution in [0.3, 0.4) is 0 Å². The van der Waals surface area contributed by atoms with E-state index in [1.54, 1.807) is 11.8 Å². The number of thioether (sulfide) groups is 1. The zero-order valence-electron chi connectivity index (χ0n) is 13.3. The van der Waals surface area contributed by atoms with Crippen LogP contribution in [-0.4, -0.2) is 17.5 Å². The summed E-state index contributed by atoms with van der Waals surface area (Å²) >= 11 is 1.67.